The van der Waals surface area contributed by atoms with Gasteiger partial charge in [-0.15, -0.1) is 0 Å². The maximum absolute atomic E-state index is 12.8. The van der Waals surface area contributed by atoms with Crippen LogP contribution in [0.4, 0.5) is 5.69 Å². The molecule has 4 heterocycles. The number of pyridine rings is 2. The van der Waals surface area contributed by atoms with Crippen LogP contribution in [-0.2, 0) is 11.3 Å². The van der Waals surface area contributed by atoms with Gasteiger partial charge in [0.05, 0.1) is 17.8 Å². The molecule has 5 rings (SSSR count). The largest absolute Gasteiger partial charge is 0.352 e. The van der Waals surface area contributed by atoms with E-state index in [-0.39, 0.29) is 18.0 Å². The minimum Gasteiger partial charge on any atom is -0.352 e. The van der Waals surface area contributed by atoms with Crippen molar-refractivity contribution in [3.8, 4) is 0 Å². The highest BCUT2D eigenvalue weighted by Gasteiger charge is 2.41. The molecule has 0 aliphatic carbocycles. The Hall–Kier alpha value is -4.04. The van der Waals surface area contributed by atoms with Crippen LogP contribution in [0.15, 0.2) is 91.5 Å². The Morgan fingerprint density at radius 3 is 2.78 bits per heavy atom. The Morgan fingerprint density at radius 1 is 1.08 bits per heavy atom. The van der Waals surface area contributed by atoms with Gasteiger partial charge in [-0.25, -0.2) is 0 Å². The van der Waals surface area contributed by atoms with Gasteiger partial charge in [0.2, 0.25) is 5.91 Å². The average Bonchev–Trinajstić information content (AvgIpc) is 3.47. The zero-order valence-electron chi connectivity index (χ0n) is 20.0. The maximum Gasteiger partial charge on any atom is 0.226 e. The minimum atomic E-state index is -0.138. The van der Waals surface area contributed by atoms with Gasteiger partial charge >= 0.3 is 0 Å². The Balaban J connectivity index is 1.40. The number of anilines is 1. The number of thiocarbonyl (C=S) groups is 1. The first kappa shape index (κ1) is 23.7. The van der Waals surface area contributed by atoms with E-state index in [0.717, 1.165) is 28.2 Å². The molecule has 8 heteroatoms. The summed E-state index contributed by atoms with van der Waals surface area (Å²) in [5.74, 6) is -0.0471. The molecule has 182 valence electrons. The fourth-order valence-electron chi connectivity index (χ4n) is 4.66. The van der Waals surface area contributed by atoms with Crippen LogP contribution in [-0.4, -0.2) is 37.0 Å². The number of aryl methyl sites for hydroxylation is 1. The van der Waals surface area contributed by atoms with Gasteiger partial charge in [0.25, 0.3) is 0 Å². The highest BCUT2D eigenvalue weighted by atomic mass is 32.1. The Kier molecular flexibility index (Phi) is 7.04. The molecule has 2 N–H and O–H groups in total. The molecule has 1 aromatic carbocycles. The molecule has 0 unspecified atom stereocenters. The summed E-state index contributed by atoms with van der Waals surface area (Å²) in [4.78, 5) is 23.8. The lowest BCUT2D eigenvalue weighted by molar-refractivity contribution is -0.116. The van der Waals surface area contributed by atoms with Gasteiger partial charge in [-0.3, -0.25) is 14.8 Å². The highest BCUT2D eigenvalue weighted by molar-refractivity contribution is 7.80. The molecule has 1 aliphatic rings. The fraction of sp³-hybridized carbons (Fsp3) is 0.214. The number of nitrogens with one attached hydrogen (secondary N) is 2. The smallest absolute Gasteiger partial charge is 0.226 e. The highest BCUT2D eigenvalue weighted by Crippen LogP contribution is 2.39. The number of hydrogen-bond acceptors (Lipinski definition) is 4. The zero-order chi connectivity index (χ0) is 24.9. The Bertz CT molecular complexity index is 1340. The third kappa shape index (κ3) is 5.28. The van der Waals surface area contributed by atoms with Gasteiger partial charge in [0, 0.05) is 55.7 Å². The van der Waals surface area contributed by atoms with Crippen LogP contribution in [0.3, 0.4) is 0 Å². The van der Waals surface area contributed by atoms with E-state index in [1.165, 1.54) is 0 Å². The van der Waals surface area contributed by atoms with E-state index in [9.17, 15) is 4.79 Å². The Morgan fingerprint density at radius 2 is 2.00 bits per heavy atom. The van der Waals surface area contributed by atoms with Gasteiger partial charge in [-0.2, -0.15) is 0 Å². The predicted octanol–water partition coefficient (Wildman–Crippen LogP) is 4.64. The lowest BCUT2D eigenvalue weighted by Gasteiger charge is -2.29. The predicted molar refractivity (Wildman–Crippen MR) is 144 cm³/mol. The minimum absolute atomic E-state index is 0.0471. The Labute approximate surface area is 216 Å². The van der Waals surface area contributed by atoms with Crippen molar-refractivity contribution in [3.63, 3.8) is 0 Å². The van der Waals surface area contributed by atoms with E-state index < -0.39 is 0 Å². The number of aromatic nitrogens is 3. The number of rotatable bonds is 8. The van der Waals surface area contributed by atoms with Crippen LogP contribution < -0.4 is 10.6 Å². The van der Waals surface area contributed by atoms with Crippen LogP contribution >= 0.6 is 12.2 Å². The third-order valence-corrected chi connectivity index (χ3v) is 6.68. The van der Waals surface area contributed by atoms with Gasteiger partial charge in [-0.1, -0.05) is 24.3 Å². The molecule has 3 aromatic heterocycles. The van der Waals surface area contributed by atoms with Gasteiger partial charge in [0.15, 0.2) is 5.11 Å². The molecule has 4 aromatic rings. The maximum atomic E-state index is 12.8. The molecule has 7 nitrogen and oxygen atoms in total. The SMILES string of the molecule is Cc1cccc(NC(=O)CCN2C(=S)N[C@@H](c3ccccn3)[C@H]2c2cccn2Cc2cccnc2)c1. The molecule has 1 saturated heterocycles. The number of benzene rings is 1. The van der Waals surface area contributed by atoms with E-state index in [1.54, 1.807) is 12.4 Å². The van der Waals surface area contributed by atoms with Gasteiger partial charge in [-0.05, 0) is 72.7 Å². The summed E-state index contributed by atoms with van der Waals surface area (Å²) in [6.07, 6.45) is 7.83. The summed E-state index contributed by atoms with van der Waals surface area (Å²) < 4.78 is 2.22. The summed E-state index contributed by atoms with van der Waals surface area (Å²) in [7, 11) is 0. The summed E-state index contributed by atoms with van der Waals surface area (Å²) in [5, 5.41) is 7.09. The molecule has 0 bridgehead atoms. The van der Waals surface area contributed by atoms with Crippen LogP contribution in [0.2, 0.25) is 0 Å². The molecule has 1 fully saturated rings. The number of carbonyl (C=O) groups is 1. The number of hydrogen-bond donors (Lipinski definition) is 2. The summed E-state index contributed by atoms with van der Waals surface area (Å²) in [6.45, 7) is 3.18. The van der Waals surface area contributed by atoms with Crippen molar-refractivity contribution in [2.45, 2.75) is 32.0 Å². The van der Waals surface area contributed by atoms with Crippen LogP contribution in [0.1, 0.15) is 41.0 Å². The van der Waals surface area contributed by atoms with Crippen LogP contribution in [0.5, 0.6) is 0 Å². The molecule has 2 atom stereocenters. The number of nitrogens with zero attached hydrogens (tertiary/aromatic N) is 4. The lowest BCUT2D eigenvalue weighted by Crippen LogP contribution is -2.33. The first-order valence-corrected chi connectivity index (χ1v) is 12.4. The first-order chi connectivity index (χ1) is 17.6. The summed E-state index contributed by atoms with van der Waals surface area (Å²) in [5.41, 5.74) is 5.02. The van der Waals surface area contributed by atoms with Crippen molar-refractivity contribution in [2.75, 3.05) is 11.9 Å². The lowest BCUT2D eigenvalue weighted by atomic mass is 10.0. The molecule has 36 heavy (non-hydrogen) atoms. The molecule has 1 aliphatic heterocycles. The van der Waals surface area contributed by atoms with Crippen molar-refractivity contribution in [2.24, 2.45) is 0 Å². The van der Waals surface area contributed by atoms with Crippen molar-refractivity contribution in [1.82, 2.24) is 24.8 Å². The first-order valence-electron chi connectivity index (χ1n) is 12.0. The van der Waals surface area contributed by atoms with Crippen LogP contribution in [0.25, 0.3) is 0 Å². The summed E-state index contributed by atoms with van der Waals surface area (Å²) >= 11 is 5.78. The fourth-order valence-corrected chi connectivity index (χ4v) is 5.00. The molecular weight excluding hydrogens is 468 g/mol. The quantitative estimate of drug-likeness (QED) is 0.346. The van der Waals surface area contributed by atoms with Crippen LogP contribution in [0, 0.1) is 6.92 Å². The number of carbonyl (C=O) groups excluding carboxylic acids is 1. The second-order valence-corrected chi connectivity index (χ2v) is 9.30. The topological polar surface area (TPSA) is 75.1 Å². The van der Waals surface area contributed by atoms with Crippen molar-refractivity contribution < 1.29 is 4.79 Å². The van der Waals surface area contributed by atoms with Gasteiger partial charge in [0.1, 0.15) is 0 Å². The monoisotopic (exact) mass is 496 g/mol. The van der Waals surface area contributed by atoms with Crippen molar-refractivity contribution in [1.29, 1.82) is 0 Å². The van der Waals surface area contributed by atoms with E-state index in [0.29, 0.717) is 24.6 Å². The second kappa shape index (κ2) is 10.7. The standard InChI is InChI=1S/C28H28N6OS/c1-20-7-4-9-22(17-20)31-25(35)12-16-34-27(26(32-28(34)36)23-10-2-3-14-30-23)24-11-6-15-33(24)19-21-8-5-13-29-18-21/h2-11,13-15,17-18,26-27H,12,16,19H2,1H3,(H,31,35)(H,32,36)/t26-,27+/m0/s1. The molecule has 1 amide bonds. The molecule has 0 saturated carbocycles. The summed E-state index contributed by atoms with van der Waals surface area (Å²) in [6, 6.07) is 21.6. The normalized spacial score (nSPS) is 17.1. The zero-order valence-corrected chi connectivity index (χ0v) is 20.9. The number of amides is 1. The third-order valence-electron chi connectivity index (χ3n) is 6.32. The van der Waals surface area contributed by atoms with Gasteiger partial charge < -0.3 is 20.1 Å². The molecular formula is C28H28N6OS. The van der Waals surface area contributed by atoms with E-state index in [2.05, 4.69) is 48.4 Å². The molecule has 0 radical (unpaired) electrons. The second-order valence-electron chi connectivity index (χ2n) is 8.91. The van der Waals surface area contributed by atoms with E-state index in [1.807, 2.05) is 67.7 Å². The van der Waals surface area contributed by atoms with Crippen molar-refractivity contribution >= 4 is 28.9 Å². The van der Waals surface area contributed by atoms with E-state index >= 15 is 0 Å². The molecule has 0 spiro atoms. The van der Waals surface area contributed by atoms with E-state index in [4.69, 9.17) is 12.2 Å². The van der Waals surface area contributed by atoms with Crippen molar-refractivity contribution in [3.05, 3.63) is 114 Å². The average molecular weight is 497 g/mol.